The highest BCUT2D eigenvalue weighted by Gasteiger charge is 2.32. The molecular formula is C16H22N4OS. The van der Waals surface area contributed by atoms with Crippen LogP contribution in [0, 0.1) is 0 Å². The Labute approximate surface area is 134 Å². The number of amides is 1. The number of aromatic amines is 1. The average Bonchev–Trinajstić information content (AvgIpc) is 3.17. The highest BCUT2D eigenvalue weighted by atomic mass is 32.1. The minimum atomic E-state index is -0.0395. The van der Waals surface area contributed by atoms with Gasteiger partial charge in [-0.15, -0.1) is 11.3 Å². The number of nitrogens with zero attached hydrogens (tertiary/aromatic N) is 3. The smallest absolute Gasteiger partial charge is 0.274 e. The van der Waals surface area contributed by atoms with Crippen molar-refractivity contribution in [3.63, 3.8) is 0 Å². The molecule has 1 fully saturated rings. The van der Waals surface area contributed by atoms with Gasteiger partial charge in [0.25, 0.3) is 5.91 Å². The summed E-state index contributed by atoms with van der Waals surface area (Å²) < 4.78 is 0. The van der Waals surface area contributed by atoms with E-state index in [1.54, 1.807) is 11.3 Å². The molecule has 0 bridgehead atoms. The largest absolute Gasteiger partial charge is 0.328 e. The predicted octanol–water partition coefficient (Wildman–Crippen LogP) is 3.53. The molecule has 1 aliphatic rings. The maximum absolute atomic E-state index is 12.9. The normalized spacial score (nSPS) is 19.4. The quantitative estimate of drug-likeness (QED) is 0.921. The van der Waals surface area contributed by atoms with E-state index in [-0.39, 0.29) is 17.4 Å². The van der Waals surface area contributed by atoms with Crippen molar-refractivity contribution in [2.45, 2.75) is 51.5 Å². The van der Waals surface area contributed by atoms with Gasteiger partial charge in [0.05, 0.1) is 6.04 Å². The molecule has 1 aliphatic heterocycles. The molecule has 118 valence electrons. The van der Waals surface area contributed by atoms with Crippen LogP contribution in [0.3, 0.4) is 0 Å². The maximum Gasteiger partial charge on any atom is 0.274 e. The predicted molar refractivity (Wildman–Crippen MR) is 87.0 cm³/mol. The van der Waals surface area contributed by atoms with Crippen LogP contribution >= 0.6 is 11.3 Å². The van der Waals surface area contributed by atoms with Crippen LogP contribution in [0.2, 0.25) is 0 Å². The summed E-state index contributed by atoms with van der Waals surface area (Å²) >= 11 is 1.62. The fraction of sp³-hybridized carbons (Fsp3) is 0.562. The van der Waals surface area contributed by atoms with Crippen molar-refractivity contribution in [1.29, 1.82) is 0 Å². The third-order valence-corrected chi connectivity index (χ3v) is 4.98. The van der Waals surface area contributed by atoms with Crippen molar-refractivity contribution in [3.8, 4) is 0 Å². The number of nitrogens with one attached hydrogen (secondary N) is 1. The van der Waals surface area contributed by atoms with Crippen molar-refractivity contribution < 1.29 is 4.79 Å². The third-order valence-electron chi connectivity index (χ3n) is 4.11. The van der Waals surface area contributed by atoms with Crippen LogP contribution in [-0.2, 0) is 5.41 Å². The molecule has 2 aromatic heterocycles. The second-order valence-electron chi connectivity index (χ2n) is 6.80. The Balaban J connectivity index is 1.84. The van der Waals surface area contributed by atoms with Crippen LogP contribution in [-0.4, -0.2) is 32.5 Å². The molecule has 3 heterocycles. The molecule has 3 rings (SSSR count). The van der Waals surface area contributed by atoms with E-state index in [4.69, 9.17) is 0 Å². The van der Waals surface area contributed by atoms with Gasteiger partial charge in [-0.05, 0) is 25.3 Å². The fourth-order valence-corrected chi connectivity index (χ4v) is 3.58. The molecule has 1 amide bonds. The van der Waals surface area contributed by atoms with Gasteiger partial charge < -0.3 is 4.90 Å². The molecular weight excluding hydrogens is 296 g/mol. The highest BCUT2D eigenvalue weighted by molar-refractivity contribution is 7.09. The monoisotopic (exact) mass is 318 g/mol. The molecule has 1 saturated heterocycles. The van der Waals surface area contributed by atoms with Crippen LogP contribution in [0.1, 0.15) is 67.3 Å². The Hall–Kier alpha value is -1.69. The number of hydrogen-bond acceptors (Lipinski definition) is 4. The van der Waals surface area contributed by atoms with E-state index >= 15 is 0 Å². The Morgan fingerprint density at radius 1 is 1.41 bits per heavy atom. The zero-order valence-corrected chi connectivity index (χ0v) is 14.1. The molecule has 22 heavy (non-hydrogen) atoms. The maximum atomic E-state index is 12.9. The van der Waals surface area contributed by atoms with E-state index in [1.165, 1.54) is 0 Å². The summed E-state index contributed by atoms with van der Waals surface area (Å²) in [6.45, 7) is 7.09. The van der Waals surface area contributed by atoms with Gasteiger partial charge in [0.2, 0.25) is 0 Å². The first-order valence-electron chi connectivity index (χ1n) is 7.73. The summed E-state index contributed by atoms with van der Waals surface area (Å²) in [5.41, 5.74) is 1.45. The topological polar surface area (TPSA) is 61.9 Å². The summed E-state index contributed by atoms with van der Waals surface area (Å²) in [6, 6.07) is 1.98. The van der Waals surface area contributed by atoms with Crippen molar-refractivity contribution >= 4 is 17.2 Å². The van der Waals surface area contributed by atoms with Gasteiger partial charge >= 0.3 is 0 Å². The number of thiazole rings is 1. The standard InChI is InChI=1S/C16H22N4OS/c1-16(2,3)13-10-11(18-19-13)15(21)20-8-5-4-6-12(20)14-17-7-9-22-14/h7,9-10,12H,4-6,8H2,1-3H3,(H,18,19)/t12-/m1/s1. The summed E-state index contributed by atoms with van der Waals surface area (Å²) in [7, 11) is 0. The van der Waals surface area contributed by atoms with Gasteiger partial charge in [-0.3, -0.25) is 9.89 Å². The second-order valence-corrected chi connectivity index (χ2v) is 7.72. The SMILES string of the molecule is CC(C)(C)c1cc(C(=O)N2CCCC[C@@H]2c2nccs2)n[nH]1. The lowest BCUT2D eigenvalue weighted by atomic mass is 9.92. The van der Waals surface area contributed by atoms with Crippen molar-refractivity contribution in [1.82, 2.24) is 20.1 Å². The molecule has 1 atom stereocenters. The summed E-state index contributed by atoms with van der Waals surface area (Å²) in [6.07, 6.45) is 4.98. The number of hydrogen-bond donors (Lipinski definition) is 1. The van der Waals surface area contributed by atoms with Gasteiger partial charge in [-0.2, -0.15) is 5.10 Å². The van der Waals surface area contributed by atoms with Crippen molar-refractivity contribution in [3.05, 3.63) is 34.0 Å². The first kappa shape index (κ1) is 15.2. The number of carbonyl (C=O) groups is 1. The van der Waals surface area contributed by atoms with Gasteiger partial charge in [0.1, 0.15) is 10.7 Å². The van der Waals surface area contributed by atoms with Crippen LogP contribution < -0.4 is 0 Å². The zero-order valence-electron chi connectivity index (χ0n) is 13.3. The summed E-state index contributed by atoms with van der Waals surface area (Å²) in [4.78, 5) is 19.2. The first-order chi connectivity index (χ1) is 10.5. The minimum absolute atomic E-state index is 0.00616. The third kappa shape index (κ3) is 2.92. The minimum Gasteiger partial charge on any atom is -0.328 e. The lowest BCUT2D eigenvalue weighted by molar-refractivity contribution is 0.0605. The highest BCUT2D eigenvalue weighted by Crippen LogP contribution is 2.33. The lowest BCUT2D eigenvalue weighted by Crippen LogP contribution is -2.38. The molecule has 0 saturated carbocycles. The molecule has 0 radical (unpaired) electrons. The number of H-pyrrole nitrogens is 1. The van der Waals surface area contributed by atoms with Gasteiger partial charge in [0.15, 0.2) is 0 Å². The Bertz CT molecular complexity index is 641. The number of likely N-dealkylation sites (tertiary alicyclic amines) is 1. The van der Waals surface area contributed by atoms with Gasteiger partial charge in [-0.25, -0.2) is 4.98 Å². The zero-order chi connectivity index (χ0) is 15.7. The van der Waals surface area contributed by atoms with Crippen LogP contribution in [0.25, 0.3) is 0 Å². The molecule has 0 unspecified atom stereocenters. The van der Waals surface area contributed by atoms with E-state index in [0.29, 0.717) is 5.69 Å². The molecule has 0 spiro atoms. The van der Waals surface area contributed by atoms with E-state index in [9.17, 15) is 4.79 Å². The molecule has 1 N–H and O–H groups in total. The summed E-state index contributed by atoms with van der Waals surface area (Å²) in [5, 5.41) is 10.2. The number of rotatable bonds is 2. The Morgan fingerprint density at radius 2 is 2.23 bits per heavy atom. The van der Waals surface area contributed by atoms with Gasteiger partial charge in [-0.1, -0.05) is 20.8 Å². The van der Waals surface area contributed by atoms with Crippen molar-refractivity contribution in [2.24, 2.45) is 0 Å². The molecule has 5 nitrogen and oxygen atoms in total. The van der Waals surface area contributed by atoms with E-state index in [1.807, 2.05) is 22.5 Å². The van der Waals surface area contributed by atoms with Gasteiger partial charge in [0, 0.05) is 29.2 Å². The van der Waals surface area contributed by atoms with E-state index in [2.05, 4.69) is 36.0 Å². The van der Waals surface area contributed by atoms with Crippen LogP contribution in [0.4, 0.5) is 0 Å². The number of carbonyl (C=O) groups excluding carboxylic acids is 1. The van der Waals surface area contributed by atoms with Crippen LogP contribution in [0.5, 0.6) is 0 Å². The first-order valence-corrected chi connectivity index (χ1v) is 8.61. The van der Waals surface area contributed by atoms with E-state index < -0.39 is 0 Å². The molecule has 0 aliphatic carbocycles. The average molecular weight is 318 g/mol. The van der Waals surface area contributed by atoms with E-state index in [0.717, 1.165) is 36.5 Å². The molecule has 0 aromatic carbocycles. The fourth-order valence-electron chi connectivity index (χ4n) is 2.79. The Kier molecular flexibility index (Phi) is 4.04. The van der Waals surface area contributed by atoms with Crippen molar-refractivity contribution in [2.75, 3.05) is 6.54 Å². The van der Waals surface area contributed by atoms with Crippen LogP contribution in [0.15, 0.2) is 17.6 Å². The Morgan fingerprint density at radius 3 is 2.86 bits per heavy atom. The second kappa shape index (κ2) is 5.83. The summed E-state index contributed by atoms with van der Waals surface area (Å²) in [5.74, 6) is 0.00616. The molecule has 2 aromatic rings. The lowest BCUT2D eigenvalue weighted by Gasteiger charge is -2.34. The molecule has 6 heteroatoms. The number of piperidine rings is 1. The number of aromatic nitrogens is 3.